The molecule has 0 aliphatic heterocycles. The van der Waals surface area contributed by atoms with Gasteiger partial charge in [0, 0.05) is 27.3 Å². The van der Waals surface area contributed by atoms with Crippen molar-refractivity contribution in [1.82, 2.24) is 9.78 Å². The maximum absolute atomic E-state index is 5.78. The Kier molecular flexibility index (Phi) is 4.10. The van der Waals surface area contributed by atoms with Gasteiger partial charge < -0.3 is 15.8 Å². The number of aromatic nitrogens is 2. The minimum absolute atomic E-state index is 0.377. The van der Waals surface area contributed by atoms with Crippen LogP contribution in [0.2, 0.25) is 0 Å². The van der Waals surface area contributed by atoms with Crippen molar-refractivity contribution in [2.45, 2.75) is 26.2 Å². The van der Waals surface area contributed by atoms with E-state index >= 15 is 0 Å². The van der Waals surface area contributed by atoms with Gasteiger partial charge in [-0.3, -0.25) is 4.68 Å². The summed E-state index contributed by atoms with van der Waals surface area (Å²) in [5, 5.41) is 7.85. The summed E-state index contributed by atoms with van der Waals surface area (Å²) in [6.45, 7) is 3.66. The molecule has 1 aromatic rings. The molecule has 0 atom stereocenters. The summed E-state index contributed by atoms with van der Waals surface area (Å²) < 4.78 is 6.99. The van der Waals surface area contributed by atoms with Crippen LogP contribution in [0, 0.1) is 12.3 Å². The topological polar surface area (TPSA) is 65.1 Å². The molecule has 2 rings (SSSR count). The number of hydrogen-bond acceptors (Lipinski definition) is 4. The fourth-order valence-electron chi connectivity index (χ4n) is 2.44. The normalized spacial score (nSPS) is 16.4. The van der Waals surface area contributed by atoms with Crippen LogP contribution in [0.5, 0.6) is 0 Å². The van der Waals surface area contributed by atoms with Gasteiger partial charge in [0.2, 0.25) is 0 Å². The lowest BCUT2D eigenvalue weighted by molar-refractivity contribution is 0.175. The first-order valence-electron chi connectivity index (χ1n) is 6.55. The second-order valence-electron chi connectivity index (χ2n) is 5.39. The van der Waals surface area contributed by atoms with Crippen LogP contribution in [0.4, 0.5) is 5.82 Å². The number of aryl methyl sites for hydroxylation is 2. The molecular weight excluding hydrogens is 260 g/mol. The van der Waals surface area contributed by atoms with Crippen LogP contribution in [0.15, 0.2) is 0 Å². The van der Waals surface area contributed by atoms with Gasteiger partial charge in [-0.2, -0.15) is 5.10 Å². The summed E-state index contributed by atoms with van der Waals surface area (Å²) in [7, 11) is 3.66. The highest BCUT2D eigenvalue weighted by Gasteiger charge is 2.42. The first-order chi connectivity index (χ1) is 8.99. The van der Waals surface area contributed by atoms with Crippen molar-refractivity contribution in [2.75, 3.05) is 25.6 Å². The van der Waals surface area contributed by atoms with Gasteiger partial charge in [-0.25, -0.2) is 0 Å². The third kappa shape index (κ3) is 3.06. The maximum atomic E-state index is 5.78. The van der Waals surface area contributed by atoms with Gasteiger partial charge in [-0.05, 0) is 31.6 Å². The summed E-state index contributed by atoms with van der Waals surface area (Å²) in [5.41, 5.74) is 7.89. The molecule has 5 nitrogen and oxygen atoms in total. The van der Waals surface area contributed by atoms with Crippen LogP contribution < -0.4 is 11.1 Å². The average molecular weight is 282 g/mol. The zero-order chi connectivity index (χ0) is 14.0. The van der Waals surface area contributed by atoms with Gasteiger partial charge in [0.05, 0.1) is 11.3 Å². The fourth-order valence-corrected chi connectivity index (χ4v) is 2.68. The third-order valence-corrected chi connectivity index (χ3v) is 4.10. The van der Waals surface area contributed by atoms with Gasteiger partial charge >= 0.3 is 0 Å². The summed E-state index contributed by atoms with van der Waals surface area (Å²) >= 11 is 5.11. The summed E-state index contributed by atoms with van der Waals surface area (Å²) in [5.74, 6) is 0.925. The minimum atomic E-state index is 0.377. The van der Waals surface area contributed by atoms with E-state index in [1.165, 1.54) is 12.8 Å². The van der Waals surface area contributed by atoms with E-state index < -0.39 is 0 Å². The van der Waals surface area contributed by atoms with Gasteiger partial charge in [0.1, 0.15) is 10.8 Å². The van der Waals surface area contributed by atoms with Gasteiger partial charge in [-0.1, -0.05) is 12.2 Å². The Morgan fingerprint density at radius 2 is 2.26 bits per heavy atom. The molecule has 106 valence electrons. The second-order valence-corrected chi connectivity index (χ2v) is 5.83. The van der Waals surface area contributed by atoms with Crippen LogP contribution in [0.3, 0.4) is 0 Å². The molecule has 0 spiro atoms. The molecule has 19 heavy (non-hydrogen) atoms. The van der Waals surface area contributed by atoms with Crippen LogP contribution in [0.25, 0.3) is 0 Å². The van der Waals surface area contributed by atoms with Crippen LogP contribution >= 0.6 is 12.2 Å². The number of methoxy groups -OCH3 is 1. The molecule has 1 aliphatic carbocycles. The summed E-state index contributed by atoms with van der Waals surface area (Å²) in [4.78, 5) is 0.398. The van der Waals surface area contributed by atoms with Gasteiger partial charge in [-0.15, -0.1) is 0 Å². The minimum Gasteiger partial charge on any atom is -0.389 e. The molecule has 0 radical (unpaired) electrons. The predicted molar refractivity (Wildman–Crippen MR) is 80.5 cm³/mol. The molecule has 0 amide bonds. The van der Waals surface area contributed by atoms with Crippen LogP contribution in [-0.2, 0) is 11.8 Å². The quantitative estimate of drug-likeness (QED) is 0.744. The second kappa shape index (κ2) is 5.46. The summed E-state index contributed by atoms with van der Waals surface area (Å²) in [6, 6.07) is 0. The first-order valence-corrected chi connectivity index (χ1v) is 6.96. The Morgan fingerprint density at radius 3 is 2.79 bits per heavy atom. The van der Waals surface area contributed by atoms with Gasteiger partial charge in [0.25, 0.3) is 0 Å². The summed E-state index contributed by atoms with van der Waals surface area (Å²) in [6.07, 6.45) is 3.60. The molecule has 1 heterocycles. The standard InChI is InChI=1S/C13H22N4OS/c1-9-10(11(14)19)12(17(2)16-9)15-8-13(4-5-13)6-7-18-3/h15H,4-8H2,1-3H3,(H2,14,19). The third-order valence-electron chi connectivity index (χ3n) is 3.89. The number of ether oxygens (including phenoxy) is 1. The lowest BCUT2D eigenvalue weighted by atomic mass is 10.0. The Balaban J connectivity index is 2.06. The number of hydrogen-bond donors (Lipinski definition) is 2. The Bertz CT molecular complexity index is 479. The van der Waals surface area contributed by atoms with E-state index in [1.807, 2.05) is 18.7 Å². The van der Waals surface area contributed by atoms with E-state index in [4.69, 9.17) is 22.7 Å². The molecular formula is C13H22N4OS. The Labute approximate surface area is 119 Å². The van der Waals surface area contributed by atoms with Crippen molar-refractivity contribution in [2.24, 2.45) is 18.2 Å². The zero-order valence-electron chi connectivity index (χ0n) is 11.8. The van der Waals surface area contributed by atoms with Crippen molar-refractivity contribution >= 4 is 23.0 Å². The zero-order valence-corrected chi connectivity index (χ0v) is 12.6. The maximum Gasteiger partial charge on any atom is 0.134 e. The van der Waals surface area contributed by atoms with Crippen LogP contribution in [-0.4, -0.2) is 35.0 Å². The van der Waals surface area contributed by atoms with E-state index in [0.29, 0.717) is 10.4 Å². The van der Waals surface area contributed by atoms with Crippen molar-refractivity contribution < 1.29 is 4.74 Å². The Hall–Kier alpha value is -1.14. The van der Waals surface area contributed by atoms with E-state index in [1.54, 1.807) is 7.11 Å². The number of nitrogens with zero attached hydrogens (tertiary/aromatic N) is 2. The lowest BCUT2D eigenvalue weighted by Crippen LogP contribution is -2.21. The molecule has 3 N–H and O–H groups in total. The molecule has 0 bridgehead atoms. The number of nitrogens with two attached hydrogens (primary N) is 1. The fraction of sp³-hybridized carbons (Fsp3) is 0.692. The van der Waals surface area contributed by atoms with Crippen molar-refractivity contribution in [3.8, 4) is 0 Å². The van der Waals surface area contributed by atoms with Gasteiger partial charge in [0.15, 0.2) is 0 Å². The molecule has 0 saturated heterocycles. The number of thiocarbonyl (C=S) groups is 1. The van der Waals surface area contributed by atoms with E-state index in [9.17, 15) is 0 Å². The molecule has 0 unspecified atom stereocenters. The molecule has 1 aromatic heterocycles. The number of nitrogens with one attached hydrogen (secondary N) is 1. The monoisotopic (exact) mass is 282 g/mol. The Morgan fingerprint density at radius 1 is 1.58 bits per heavy atom. The molecule has 1 aliphatic rings. The molecule has 1 saturated carbocycles. The van der Waals surface area contributed by atoms with Crippen molar-refractivity contribution in [1.29, 1.82) is 0 Å². The number of rotatable bonds is 7. The van der Waals surface area contributed by atoms with E-state index in [-0.39, 0.29) is 0 Å². The van der Waals surface area contributed by atoms with E-state index in [0.717, 1.165) is 36.6 Å². The highest BCUT2D eigenvalue weighted by molar-refractivity contribution is 7.80. The van der Waals surface area contributed by atoms with Crippen molar-refractivity contribution in [3.05, 3.63) is 11.3 Å². The molecule has 1 fully saturated rings. The van der Waals surface area contributed by atoms with Crippen molar-refractivity contribution in [3.63, 3.8) is 0 Å². The highest BCUT2D eigenvalue weighted by Crippen LogP contribution is 2.48. The van der Waals surface area contributed by atoms with E-state index in [2.05, 4.69) is 10.4 Å². The molecule has 0 aromatic carbocycles. The van der Waals surface area contributed by atoms with Crippen LogP contribution in [0.1, 0.15) is 30.5 Å². The smallest absolute Gasteiger partial charge is 0.134 e. The SMILES string of the molecule is COCCC1(CNc2c(C(N)=S)c(C)nn2C)CC1. The molecule has 6 heteroatoms. The lowest BCUT2D eigenvalue weighted by Gasteiger charge is -2.17. The first kappa shape index (κ1) is 14.3. The largest absolute Gasteiger partial charge is 0.389 e. The number of anilines is 1. The highest BCUT2D eigenvalue weighted by atomic mass is 32.1. The average Bonchev–Trinajstić information content (AvgIpc) is 3.05. The predicted octanol–water partition coefficient (Wildman–Crippen LogP) is 1.59.